The highest BCUT2D eigenvalue weighted by Gasteiger charge is 2.21. The Labute approximate surface area is 148 Å². The van der Waals surface area contributed by atoms with Gasteiger partial charge in [0.1, 0.15) is 21.7 Å². The number of benzene rings is 1. The Morgan fingerprint density at radius 3 is 2.80 bits per heavy atom. The Bertz CT molecular complexity index is 957. The number of fused-ring (bicyclic) bond motifs is 1. The van der Waals surface area contributed by atoms with Crippen molar-refractivity contribution < 1.29 is 19.1 Å². The molecule has 0 aliphatic carbocycles. The van der Waals surface area contributed by atoms with Crippen LogP contribution in [0.5, 0.6) is 0 Å². The van der Waals surface area contributed by atoms with Crippen LogP contribution in [0.3, 0.4) is 0 Å². The van der Waals surface area contributed by atoms with Crippen molar-refractivity contribution in [3.05, 3.63) is 51.2 Å². The van der Waals surface area contributed by atoms with Crippen molar-refractivity contribution in [3.8, 4) is 0 Å². The van der Waals surface area contributed by atoms with Crippen LogP contribution in [0.1, 0.15) is 56.2 Å². The summed E-state index contributed by atoms with van der Waals surface area (Å²) >= 11 is 1.08. The summed E-state index contributed by atoms with van der Waals surface area (Å²) < 4.78 is 5.46. The molecule has 6 nitrogen and oxygen atoms in total. The van der Waals surface area contributed by atoms with Crippen LogP contribution in [0.2, 0.25) is 0 Å². The van der Waals surface area contributed by atoms with Crippen LogP contribution in [-0.4, -0.2) is 22.0 Å². The highest BCUT2D eigenvalue weighted by Crippen LogP contribution is 2.26. The van der Waals surface area contributed by atoms with E-state index in [-0.39, 0.29) is 10.8 Å². The smallest absolute Gasteiger partial charge is 0.347 e. The van der Waals surface area contributed by atoms with Gasteiger partial charge in [0.2, 0.25) is 0 Å². The molecule has 2 heterocycles. The van der Waals surface area contributed by atoms with Crippen molar-refractivity contribution >= 4 is 34.2 Å². The van der Waals surface area contributed by atoms with Crippen molar-refractivity contribution in [2.45, 2.75) is 33.2 Å². The van der Waals surface area contributed by atoms with E-state index in [0.717, 1.165) is 28.7 Å². The van der Waals surface area contributed by atoms with Gasteiger partial charge in [-0.1, -0.05) is 13.0 Å². The molecule has 7 heteroatoms. The Hall–Kier alpha value is -2.67. The Morgan fingerprint density at radius 2 is 2.16 bits per heavy atom. The standard InChI is InChI=1S/C18H18N2O4S/c1-4-11-5-6-14-12(7-11)13(8-24-14)16(21)19-10(3)17-20-9(2)15(25-17)18(22)23/h5-8,10H,4H2,1-3H3,(H,19,21)(H,22,23). The number of nitrogens with zero attached hydrogens (tertiary/aromatic N) is 1. The molecule has 0 radical (unpaired) electrons. The number of amides is 1. The lowest BCUT2D eigenvalue weighted by Crippen LogP contribution is -2.26. The van der Waals surface area contributed by atoms with Gasteiger partial charge in [-0.3, -0.25) is 4.79 Å². The van der Waals surface area contributed by atoms with Gasteiger partial charge in [-0.05, 0) is 38.0 Å². The Morgan fingerprint density at radius 1 is 1.40 bits per heavy atom. The highest BCUT2D eigenvalue weighted by molar-refractivity contribution is 7.13. The zero-order valence-corrected chi connectivity index (χ0v) is 14.9. The average Bonchev–Trinajstić information content (AvgIpc) is 3.17. The van der Waals surface area contributed by atoms with Crippen LogP contribution >= 0.6 is 11.3 Å². The number of aryl methyl sites for hydroxylation is 2. The van der Waals surface area contributed by atoms with E-state index < -0.39 is 12.0 Å². The van der Waals surface area contributed by atoms with Gasteiger partial charge in [0.15, 0.2) is 0 Å². The van der Waals surface area contributed by atoms with Gasteiger partial charge in [-0.15, -0.1) is 11.3 Å². The number of carboxylic acids is 1. The van der Waals surface area contributed by atoms with E-state index in [1.165, 1.54) is 6.26 Å². The molecule has 0 aliphatic rings. The van der Waals surface area contributed by atoms with Crippen LogP contribution in [0.4, 0.5) is 0 Å². The molecule has 2 N–H and O–H groups in total. The SMILES string of the molecule is CCc1ccc2occ(C(=O)NC(C)c3nc(C)c(C(=O)O)s3)c2c1. The Balaban J connectivity index is 1.84. The van der Waals surface area contributed by atoms with E-state index in [4.69, 9.17) is 9.52 Å². The quantitative estimate of drug-likeness (QED) is 0.720. The van der Waals surface area contributed by atoms with Crippen LogP contribution in [-0.2, 0) is 6.42 Å². The molecule has 3 aromatic rings. The van der Waals surface area contributed by atoms with Gasteiger partial charge in [0, 0.05) is 5.39 Å². The van der Waals surface area contributed by atoms with Crippen molar-refractivity contribution in [1.29, 1.82) is 0 Å². The molecule has 3 rings (SSSR count). The fourth-order valence-electron chi connectivity index (χ4n) is 2.61. The number of carboxylic acid groups (broad SMARTS) is 1. The van der Waals surface area contributed by atoms with Crippen LogP contribution in [0.15, 0.2) is 28.9 Å². The molecule has 0 saturated heterocycles. The van der Waals surface area contributed by atoms with Gasteiger partial charge in [-0.25, -0.2) is 9.78 Å². The molecule has 0 saturated carbocycles. The van der Waals surface area contributed by atoms with E-state index in [0.29, 0.717) is 21.8 Å². The first-order valence-electron chi connectivity index (χ1n) is 7.92. The van der Waals surface area contributed by atoms with Gasteiger partial charge in [0.25, 0.3) is 5.91 Å². The average molecular weight is 358 g/mol. The second-order valence-corrected chi connectivity index (χ2v) is 6.83. The summed E-state index contributed by atoms with van der Waals surface area (Å²) in [6, 6.07) is 5.39. The molecular formula is C18H18N2O4S. The third-order valence-corrected chi connectivity index (χ3v) is 5.34. The normalized spacial score (nSPS) is 12.3. The van der Waals surface area contributed by atoms with Crippen LogP contribution in [0.25, 0.3) is 11.0 Å². The highest BCUT2D eigenvalue weighted by atomic mass is 32.1. The summed E-state index contributed by atoms with van der Waals surface area (Å²) in [5, 5.41) is 13.3. The minimum Gasteiger partial charge on any atom is -0.477 e. The number of nitrogens with one attached hydrogen (secondary N) is 1. The summed E-state index contributed by atoms with van der Waals surface area (Å²) in [4.78, 5) is 28.2. The third-order valence-electron chi connectivity index (χ3n) is 4.02. The molecule has 1 aromatic carbocycles. The third kappa shape index (κ3) is 3.28. The molecule has 0 aliphatic heterocycles. The lowest BCUT2D eigenvalue weighted by molar-refractivity contribution is 0.0701. The zero-order chi connectivity index (χ0) is 18.1. The second-order valence-electron chi connectivity index (χ2n) is 5.80. The lowest BCUT2D eigenvalue weighted by atomic mass is 10.1. The number of hydrogen-bond donors (Lipinski definition) is 2. The van der Waals surface area contributed by atoms with Gasteiger partial charge in [-0.2, -0.15) is 0 Å². The fourth-order valence-corrected chi connectivity index (χ4v) is 3.52. The maximum Gasteiger partial charge on any atom is 0.347 e. The van der Waals surface area contributed by atoms with Gasteiger partial charge in [0.05, 0.1) is 17.3 Å². The monoisotopic (exact) mass is 358 g/mol. The van der Waals surface area contributed by atoms with Crippen molar-refractivity contribution in [2.24, 2.45) is 0 Å². The first-order valence-corrected chi connectivity index (χ1v) is 8.74. The number of carbonyl (C=O) groups is 2. The van der Waals surface area contributed by atoms with Crippen molar-refractivity contribution in [2.75, 3.05) is 0 Å². The molecule has 1 atom stereocenters. The summed E-state index contributed by atoms with van der Waals surface area (Å²) in [7, 11) is 0. The van der Waals surface area contributed by atoms with Gasteiger partial charge < -0.3 is 14.8 Å². The number of carbonyl (C=O) groups excluding carboxylic acids is 1. The van der Waals surface area contributed by atoms with E-state index in [2.05, 4.69) is 10.3 Å². The van der Waals surface area contributed by atoms with Crippen LogP contribution in [0, 0.1) is 6.92 Å². The molecule has 25 heavy (non-hydrogen) atoms. The zero-order valence-electron chi connectivity index (χ0n) is 14.1. The maximum atomic E-state index is 12.6. The molecule has 0 fully saturated rings. The first-order chi connectivity index (χ1) is 11.9. The van der Waals surface area contributed by atoms with Crippen molar-refractivity contribution in [3.63, 3.8) is 0 Å². The topological polar surface area (TPSA) is 92.4 Å². The number of rotatable bonds is 5. The van der Waals surface area contributed by atoms with E-state index in [1.54, 1.807) is 13.8 Å². The maximum absolute atomic E-state index is 12.6. The van der Waals surface area contributed by atoms with Crippen molar-refractivity contribution in [1.82, 2.24) is 10.3 Å². The molecule has 0 spiro atoms. The fraction of sp³-hybridized carbons (Fsp3) is 0.278. The Kier molecular flexibility index (Phi) is 4.59. The number of aromatic carboxylic acids is 1. The minimum atomic E-state index is -1.01. The predicted octanol–water partition coefficient (Wildman–Crippen LogP) is 3.95. The second kappa shape index (κ2) is 6.68. The molecule has 2 aromatic heterocycles. The number of furan rings is 1. The number of thiazole rings is 1. The number of hydrogen-bond acceptors (Lipinski definition) is 5. The molecule has 130 valence electrons. The van der Waals surface area contributed by atoms with E-state index >= 15 is 0 Å². The number of aromatic nitrogens is 1. The summed E-state index contributed by atoms with van der Waals surface area (Å²) in [5.41, 5.74) is 2.70. The van der Waals surface area contributed by atoms with E-state index in [9.17, 15) is 9.59 Å². The lowest BCUT2D eigenvalue weighted by Gasteiger charge is -2.10. The summed E-state index contributed by atoms with van der Waals surface area (Å²) in [5.74, 6) is -1.28. The molecule has 0 bridgehead atoms. The van der Waals surface area contributed by atoms with E-state index in [1.807, 2.05) is 25.1 Å². The van der Waals surface area contributed by atoms with Crippen LogP contribution < -0.4 is 5.32 Å². The largest absolute Gasteiger partial charge is 0.477 e. The summed E-state index contributed by atoms with van der Waals surface area (Å²) in [6.07, 6.45) is 2.32. The first kappa shape index (κ1) is 17.2. The molecular weight excluding hydrogens is 340 g/mol. The van der Waals surface area contributed by atoms with Gasteiger partial charge >= 0.3 is 5.97 Å². The molecule has 1 amide bonds. The summed E-state index contributed by atoms with van der Waals surface area (Å²) in [6.45, 7) is 5.48. The molecule has 1 unspecified atom stereocenters. The minimum absolute atomic E-state index is 0.192. The predicted molar refractivity (Wildman–Crippen MR) is 95.3 cm³/mol.